The van der Waals surface area contributed by atoms with E-state index in [0.717, 1.165) is 33.5 Å². The molecule has 1 aromatic carbocycles. The third-order valence-corrected chi connectivity index (χ3v) is 4.81. The van der Waals surface area contributed by atoms with Gasteiger partial charge in [0.1, 0.15) is 5.65 Å². The Bertz CT molecular complexity index is 1360. The van der Waals surface area contributed by atoms with Crippen molar-refractivity contribution >= 4 is 16.6 Å². The van der Waals surface area contributed by atoms with Crippen LogP contribution in [0.2, 0.25) is 0 Å². The van der Waals surface area contributed by atoms with Gasteiger partial charge in [-0.15, -0.1) is 0 Å². The molecule has 7 nitrogen and oxygen atoms in total. The molecule has 0 spiro atoms. The summed E-state index contributed by atoms with van der Waals surface area (Å²) in [5, 5.41) is 9.59. The molecule has 4 aromatic heterocycles. The Morgan fingerprint density at radius 3 is 2.48 bits per heavy atom. The van der Waals surface area contributed by atoms with Crippen LogP contribution in [-0.2, 0) is 14.1 Å². The van der Waals surface area contributed by atoms with E-state index in [1.165, 1.54) is 0 Å². The summed E-state index contributed by atoms with van der Waals surface area (Å²) in [7, 11) is 3.63. The average Bonchev–Trinajstić information content (AvgIpc) is 3.33. The fourth-order valence-electron chi connectivity index (χ4n) is 3.38. The van der Waals surface area contributed by atoms with Gasteiger partial charge in [0.2, 0.25) is 0 Å². The molecule has 5 rings (SSSR count). The van der Waals surface area contributed by atoms with Gasteiger partial charge in [0.05, 0.1) is 22.8 Å². The number of benzene rings is 1. The zero-order valence-corrected chi connectivity index (χ0v) is 14.9. The second kappa shape index (κ2) is 5.63. The Hall–Kier alpha value is -3.74. The van der Waals surface area contributed by atoms with Gasteiger partial charge in [-0.3, -0.25) is 19.0 Å². The summed E-state index contributed by atoms with van der Waals surface area (Å²) in [6.07, 6.45) is 7.19. The zero-order chi connectivity index (χ0) is 18.5. The molecular weight excluding hydrogens is 340 g/mol. The summed E-state index contributed by atoms with van der Waals surface area (Å²) in [6, 6.07) is 11.6. The van der Waals surface area contributed by atoms with Crippen LogP contribution in [0.3, 0.4) is 0 Å². The predicted octanol–water partition coefficient (Wildman–Crippen LogP) is 2.65. The highest BCUT2D eigenvalue weighted by atomic mass is 16.1. The maximum absolute atomic E-state index is 12.8. The minimum Gasteiger partial charge on any atom is -0.296 e. The Morgan fingerprint density at radius 1 is 0.926 bits per heavy atom. The van der Waals surface area contributed by atoms with E-state index < -0.39 is 0 Å². The molecule has 0 aliphatic carbocycles. The summed E-state index contributed by atoms with van der Waals surface area (Å²) < 4.78 is 5.18. The van der Waals surface area contributed by atoms with Gasteiger partial charge in [-0.1, -0.05) is 6.07 Å². The summed E-state index contributed by atoms with van der Waals surface area (Å²) in [4.78, 5) is 16.9. The smallest absolute Gasteiger partial charge is 0.261 e. The van der Waals surface area contributed by atoms with Crippen molar-refractivity contribution in [3.8, 4) is 22.4 Å². The summed E-state index contributed by atoms with van der Waals surface area (Å²) >= 11 is 0. The third-order valence-electron chi connectivity index (χ3n) is 4.81. The minimum absolute atomic E-state index is 0.0450. The maximum atomic E-state index is 12.8. The van der Waals surface area contributed by atoms with E-state index in [4.69, 9.17) is 5.10 Å². The standard InChI is InChI=1S/C20H16N6O/c1-24-12-15(11-22-24)17-10-19-25(2)20(27)16-4-3-14(9-18(16)26(19)23-17)13-5-7-21-8-6-13/h3-12H,1-2H3. The molecule has 132 valence electrons. The molecule has 7 heteroatoms. The first kappa shape index (κ1) is 15.5. The molecule has 0 saturated heterocycles. The van der Waals surface area contributed by atoms with Crippen molar-refractivity contribution in [1.29, 1.82) is 0 Å². The third kappa shape index (κ3) is 2.36. The number of pyridine rings is 1. The lowest BCUT2D eigenvalue weighted by Crippen LogP contribution is -2.19. The lowest BCUT2D eigenvalue weighted by Gasteiger charge is -2.08. The minimum atomic E-state index is -0.0450. The second-order valence-corrected chi connectivity index (χ2v) is 6.53. The number of aryl methyl sites for hydroxylation is 2. The largest absolute Gasteiger partial charge is 0.296 e. The Labute approximate surface area is 154 Å². The maximum Gasteiger partial charge on any atom is 0.261 e. The topological polar surface area (TPSA) is 70.0 Å². The van der Waals surface area contributed by atoms with Gasteiger partial charge < -0.3 is 0 Å². The van der Waals surface area contributed by atoms with Crippen LogP contribution in [0.4, 0.5) is 0 Å². The van der Waals surface area contributed by atoms with E-state index in [9.17, 15) is 4.79 Å². The fraction of sp³-hybridized carbons (Fsp3) is 0.100. The molecule has 4 heterocycles. The van der Waals surface area contributed by atoms with Crippen LogP contribution in [0.5, 0.6) is 0 Å². The highest BCUT2D eigenvalue weighted by Crippen LogP contribution is 2.25. The van der Waals surface area contributed by atoms with Crippen LogP contribution in [0, 0.1) is 0 Å². The molecule has 0 amide bonds. The highest BCUT2D eigenvalue weighted by molar-refractivity contribution is 5.86. The number of fused-ring (bicyclic) bond motifs is 3. The van der Waals surface area contributed by atoms with E-state index in [1.54, 1.807) is 34.9 Å². The first-order valence-electron chi connectivity index (χ1n) is 8.54. The Balaban J connectivity index is 1.83. The van der Waals surface area contributed by atoms with Crippen LogP contribution < -0.4 is 5.56 Å². The van der Waals surface area contributed by atoms with Crippen molar-refractivity contribution in [2.24, 2.45) is 14.1 Å². The molecule has 0 radical (unpaired) electrons. The van der Waals surface area contributed by atoms with Crippen molar-refractivity contribution < 1.29 is 0 Å². The van der Waals surface area contributed by atoms with Gasteiger partial charge in [0.15, 0.2) is 0 Å². The normalized spacial score (nSPS) is 11.5. The van der Waals surface area contributed by atoms with Gasteiger partial charge in [0.25, 0.3) is 5.56 Å². The van der Waals surface area contributed by atoms with Crippen molar-refractivity contribution in [2.45, 2.75) is 0 Å². The van der Waals surface area contributed by atoms with Gasteiger partial charge in [-0.05, 0) is 35.4 Å². The number of hydrogen-bond donors (Lipinski definition) is 0. The van der Waals surface area contributed by atoms with Crippen LogP contribution in [0.25, 0.3) is 38.9 Å². The molecule has 5 aromatic rings. The van der Waals surface area contributed by atoms with Gasteiger partial charge in [-0.25, -0.2) is 4.52 Å². The number of nitrogens with zero attached hydrogens (tertiary/aromatic N) is 6. The van der Waals surface area contributed by atoms with E-state index in [0.29, 0.717) is 5.39 Å². The van der Waals surface area contributed by atoms with E-state index in [1.807, 2.05) is 54.2 Å². The van der Waals surface area contributed by atoms with Crippen LogP contribution in [0.1, 0.15) is 0 Å². The quantitative estimate of drug-likeness (QED) is 0.488. The zero-order valence-electron chi connectivity index (χ0n) is 14.9. The molecule has 0 bridgehead atoms. The van der Waals surface area contributed by atoms with E-state index in [2.05, 4.69) is 10.1 Å². The SMILES string of the molecule is Cn1cc(-c2cc3n(C)c(=O)c4ccc(-c5ccncc5)cc4n3n2)cn1. The van der Waals surface area contributed by atoms with Crippen LogP contribution >= 0.6 is 0 Å². The number of aromatic nitrogens is 6. The molecular formula is C20H16N6O. The highest BCUT2D eigenvalue weighted by Gasteiger charge is 2.14. The van der Waals surface area contributed by atoms with Crippen molar-refractivity contribution in [3.63, 3.8) is 0 Å². The summed E-state index contributed by atoms with van der Waals surface area (Å²) in [6.45, 7) is 0. The Morgan fingerprint density at radius 2 is 1.74 bits per heavy atom. The van der Waals surface area contributed by atoms with Crippen molar-refractivity contribution in [2.75, 3.05) is 0 Å². The number of hydrogen-bond acceptors (Lipinski definition) is 4. The molecule has 0 aliphatic rings. The van der Waals surface area contributed by atoms with E-state index >= 15 is 0 Å². The second-order valence-electron chi connectivity index (χ2n) is 6.53. The lowest BCUT2D eigenvalue weighted by molar-refractivity contribution is 0.768. The monoisotopic (exact) mass is 356 g/mol. The molecule has 0 fully saturated rings. The molecule has 0 unspecified atom stereocenters. The van der Waals surface area contributed by atoms with Crippen molar-refractivity contribution in [1.82, 2.24) is 28.9 Å². The molecule has 0 saturated carbocycles. The summed E-state index contributed by atoms with van der Waals surface area (Å²) in [5.41, 5.74) is 5.21. The van der Waals surface area contributed by atoms with Crippen LogP contribution in [0.15, 0.2) is 66.0 Å². The molecule has 27 heavy (non-hydrogen) atoms. The number of rotatable bonds is 2. The van der Waals surface area contributed by atoms with Gasteiger partial charge >= 0.3 is 0 Å². The Kier molecular flexibility index (Phi) is 3.24. The van der Waals surface area contributed by atoms with E-state index in [-0.39, 0.29) is 5.56 Å². The summed E-state index contributed by atoms with van der Waals surface area (Å²) in [5.74, 6) is 0. The van der Waals surface area contributed by atoms with Gasteiger partial charge in [0, 0.05) is 44.3 Å². The molecule has 0 N–H and O–H groups in total. The average molecular weight is 356 g/mol. The predicted molar refractivity (Wildman–Crippen MR) is 103 cm³/mol. The molecule has 0 aliphatic heterocycles. The first-order valence-corrected chi connectivity index (χ1v) is 8.54. The first-order chi connectivity index (χ1) is 13.1. The van der Waals surface area contributed by atoms with Crippen molar-refractivity contribution in [3.05, 3.63) is 71.5 Å². The fourth-order valence-corrected chi connectivity index (χ4v) is 3.38. The molecule has 0 atom stereocenters. The lowest BCUT2D eigenvalue weighted by atomic mass is 10.1. The van der Waals surface area contributed by atoms with Crippen LogP contribution in [-0.4, -0.2) is 28.9 Å². The van der Waals surface area contributed by atoms with Gasteiger partial charge in [-0.2, -0.15) is 10.2 Å².